The van der Waals surface area contributed by atoms with Crippen molar-refractivity contribution in [3.8, 4) is 0 Å². The molecule has 1 heterocycles. The summed E-state index contributed by atoms with van der Waals surface area (Å²) < 4.78 is 41.3. The standard InChI is InChI=1S/C12H23F3N2O/c1-2-17-7-8-18-11(10-17)9-16-6-4-3-5-12(13,14)15/h11,16H,2-10H2,1H3. The predicted molar refractivity (Wildman–Crippen MR) is 64.6 cm³/mol. The van der Waals surface area contributed by atoms with Gasteiger partial charge in [0, 0.05) is 26.1 Å². The number of nitrogens with one attached hydrogen (secondary N) is 1. The van der Waals surface area contributed by atoms with Gasteiger partial charge in [0.15, 0.2) is 0 Å². The minimum absolute atomic E-state index is 0.168. The molecule has 18 heavy (non-hydrogen) atoms. The molecule has 0 radical (unpaired) electrons. The van der Waals surface area contributed by atoms with Crippen molar-refractivity contribution in [2.24, 2.45) is 0 Å². The van der Waals surface area contributed by atoms with Crippen molar-refractivity contribution in [2.75, 3.05) is 39.3 Å². The molecule has 1 unspecified atom stereocenters. The van der Waals surface area contributed by atoms with Gasteiger partial charge < -0.3 is 10.1 Å². The van der Waals surface area contributed by atoms with Crippen LogP contribution >= 0.6 is 0 Å². The zero-order chi connectivity index (χ0) is 13.4. The quantitative estimate of drug-likeness (QED) is 0.715. The lowest BCUT2D eigenvalue weighted by Gasteiger charge is -2.32. The first-order chi connectivity index (χ1) is 8.51. The number of unbranched alkanes of at least 4 members (excludes halogenated alkanes) is 1. The largest absolute Gasteiger partial charge is 0.389 e. The van der Waals surface area contributed by atoms with Gasteiger partial charge in [-0.2, -0.15) is 13.2 Å². The van der Waals surface area contributed by atoms with Crippen molar-refractivity contribution in [3.63, 3.8) is 0 Å². The molecular weight excluding hydrogens is 245 g/mol. The molecule has 0 amide bonds. The molecule has 0 spiro atoms. The molecule has 108 valence electrons. The third-order valence-electron chi connectivity index (χ3n) is 3.11. The summed E-state index contributed by atoms with van der Waals surface area (Å²) in [6.07, 6.45) is -3.78. The van der Waals surface area contributed by atoms with Gasteiger partial charge in [-0.15, -0.1) is 0 Å². The molecule has 1 rings (SSSR count). The minimum Gasteiger partial charge on any atom is -0.374 e. The normalized spacial score (nSPS) is 22.3. The Balaban J connectivity index is 1.97. The van der Waals surface area contributed by atoms with Crippen molar-refractivity contribution in [2.45, 2.75) is 38.5 Å². The highest BCUT2D eigenvalue weighted by Gasteiger charge is 2.25. The second-order valence-electron chi connectivity index (χ2n) is 4.66. The van der Waals surface area contributed by atoms with Crippen LogP contribution in [0.1, 0.15) is 26.2 Å². The maximum Gasteiger partial charge on any atom is 0.389 e. The zero-order valence-corrected chi connectivity index (χ0v) is 10.9. The lowest BCUT2D eigenvalue weighted by molar-refractivity contribution is -0.135. The molecule has 1 aliphatic rings. The van der Waals surface area contributed by atoms with E-state index in [-0.39, 0.29) is 12.5 Å². The van der Waals surface area contributed by atoms with E-state index in [1.165, 1.54) is 0 Å². The maximum absolute atomic E-state index is 11.9. The Bertz CT molecular complexity index is 224. The first-order valence-electron chi connectivity index (χ1n) is 6.62. The summed E-state index contributed by atoms with van der Waals surface area (Å²) >= 11 is 0. The maximum atomic E-state index is 11.9. The molecule has 1 fully saturated rings. The lowest BCUT2D eigenvalue weighted by atomic mass is 10.2. The Hall–Kier alpha value is -0.330. The van der Waals surface area contributed by atoms with Gasteiger partial charge in [0.2, 0.25) is 0 Å². The van der Waals surface area contributed by atoms with Gasteiger partial charge in [0.25, 0.3) is 0 Å². The van der Waals surface area contributed by atoms with Gasteiger partial charge in [-0.05, 0) is 25.9 Å². The number of hydrogen-bond donors (Lipinski definition) is 1. The Kier molecular flexibility index (Phi) is 6.96. The van der Waals surface area contributed by atoms with Gasteiger partial charge in [0.1, 0.15) is 0 Å². The summed E-state index contributed by atoms with van der Waals surface area (Å²) in [6, 6.07) is 0. The highest BCUT2D eigenvalue weighted by molar-refractivity contribution is 4.72. The number of nitrogens with zero attached hydrogens (tertiary/aromatic N) is 1. The van der Waals surface area contributed by atoms with Gasteiger partial charge in [0.05, 0.1) is 12.7 Å². The number of morpholine rings is 1. The highest BCUT2D eigenvalue weighted by Crippen LogP contribution is 2.21. The average Bonchev–Trinajstić information content (AvgIpc) is 2.32. The van der Waals surface area contributed by atoms with E-state index in [2.05, 4.69) is 17.1 Å². The van der Waals surface area contributed by atoms with Crippen molar-refractivity contribution in [1.82, 2.24) is 10.2 Å². The molecule has 3 nitrogen and oxygen atoms in total. The van der Waals surface area contributed by atoms with Crippen LogP contribution in [0.15, 0.2) is 0 Å². The van der Waals surface area contributed by atoms with E-state index in [1.54, 1.807) is 0 Å². The summed E-state index contributed by atoms with van der Waals surface area (Å²) in [6.45, 7) is 7.11. The van der Waals surface area contributed by atoms with E-state index in [9.17, 15) is 13.2 Å². The Morgan fingerprint density at radius 1 is 1.33 bits per heavy atom. The van der Waals surface area contributed by atoms with Crippen LogP contribution < -0.4 is 5.32 Å². The van der Waals surface area contributed by atoms with Gasteiger partial charge in [-0.25, -0.2) is 0 Å². The van der Waals surface area contributed by atoms with Crippen molar-refractivity contribution in [1.29, 1.82) is 0 Å². The second-order valence-corrected chi connectivity index (χ2v) is 4.66. The van der Waals surface area contributed by atoms with E-state index in [0.717, 1.165) is 32.8 Å². The van der Waals surface area contributed by atoms with Crippen molar-refractivity contribution < 1.29 is 17.9 Å². The van der Waals surface area contributed by atoms with E-state index in [1.807, 2.05) is 0 Å². The number of ether oxygens (including phenoxy) is 1. The average molecular weight is 268 g/mol. The Morgan fingerprint density at radius 3 is 2.78 bits per heavy atom. The molecule has 1 saturated heterocycles. The van der Waals surface area contributed by atoms with Crippen LogP contribution in [-0.4, -0.2) is 56.5 Å². The fourth-order valence-electron chi connectivity index (χ4n) is 2.03. The fourth-order valence-corrected chi connectivity index (χ4v) is 2.03. The fraction of sp³-hybridized carbons (Fsp3) is 1.00. The molecule has 1 atom stereocenters. The molecule has 0 aliphatic carbocycles. The molecule has 1 N–H and O–H groups in total. The van der Waals surface area contributed by atoms with E-state index < -0.39 is 12.6 Å². The second kappa shape index (κ2) is 7.96. The minimum atomic E-state index is -4.02. The van der Waals surface area contributed by atoms with Crippen LogP contribution in [0.3, 0.4) is 0 Å². The van der Waals surface area contributed by atoms with Crippen molar-refractivity contribution in [3.05, 3.63) is 0 Å². The summed E-state index contributed by atoms with van der Waals surface area (Å²) in [4.78, 5) is 2.32. The van der Waals surface area contributed by atoms with Crippen molar-refractivity contribution >= 4 is 0 Å². The number of hydrogen-bond acceptors (Lipinski definition) is 3. The Morgan fingerprint density at radius 2 is 2.11 bits per heavy atom. The first-order valence-corrected chi connectivity index (χ1v) is 6.62. The first kappa shape index (κ1) is 15.7. The lowest BCUT2D eigenvalue weighted by Crippen LogP contribution is -2.46. The van der Waals surface area contributed by atoms with Crippen LogP contribution in [-0.2, 0) is 4.74 Å². The van der Waals surface area contributed by atoms with Crippen LogP contribution in [0.25, 0.3) is 0 Å². The van der Waals surface area contributed by atoms with E-state index in [4.69, 9.17) is 4.74 Å². The number of rotatable bonds is 7. The van der Waals surface area contributed by atoms with Crippen LogP contribution in [0, 0.1) is 0 Å². The summed E-state index contributed by atoms with van der Waals surface area (Å²) in [5, 5.41) is 3.17. The molecule has 0 aromatic rings. The third-order valence-corrected chi connectivity index (χ3v) is 3.11. The summed E-state index contributed by atoms with van der Waals surface area (Å²) in [7, 11) is 0. The molecule has 0 aromatic heterocycles. The summed E-state index contributed by atoms with van der Waals surface area (Å²) in [5.74, 6) is 0. The third kappa shape index (κ3) is 7.18. The van der Waals surface area contributed by atoms with E-state index in [0.29, 0.717) is 13.0 Å². The molecular formula is C12H23F3N2O. The number of halogens is 3. The van der Waals surface area contributed by atoms with Gasteiger partial charge in [-0.3, -0.25) is 4.90 Å². The zero-order valence-electron chi connectivity index (χ0n) is 10.9. The highest BCUT2D eigenvalue weighted by atomic mass is 19.4. The van der Waals surface area contributed by atoms with Crippen LogP contribution in [0.4, 0.5) is 13.2 Å². The number of likely N-dealkylation sites (N-methyl/N-ethyl adjacent to an activating group) is 1. The van der Waals surface area contributed by atoms with Crippen LogP contribution in [0.2, 0.25) is 0 Å². The molecule has 0 bridgehead atoms. The molecule has 0 saturated carbocycles. The monoisotopic (exact) mass is 268 g/mol. The predicted octanol–water partition coefficient (Wildman–Crippen LogP) is 2.03. The topological polar surface area (TPSA) is 24.5 Å². The smallest absolute Gasteiger partial charge is 0.374 e. The van der Waals surface area contributed by atoms with Crippen LogP contribution in [0.5, 0.6) is 0 Å². The SMILES string of the molecule is CCN1CCOC(CNCCCCC(F)(F)F)C1. The molecule has 0 aromatic carbocycles. The number of alkyl halides is 3. The summed E-state index contributed by atoms with van der Waals surface area (Å²) in [5.41, 5.74) is 0. The Labute approximate surface area is 107 Å². The molecule has 1 aliphatic heterocycles. The van der Waals surface area contributed by atoms with Gasteiger partial charge >= 0.3 is 6.18 Å². The van der Waals surface area contributed by atoms with Gasteiger partial charge in [-0.1, -0.05) is 6.92 Å². The van der Waals surface area contributed by atoms with E-state index >= 15 is 0 Å². The molecule has 6 heteroatoms.